The fourth-order valence-corrected chi connectivity index (χ4v) is 1.87. The van der Waals surface area contributed by atoms with Crippen LogP contribution in [0.1, 0.15) is 31.9 Å². The average molecular weight is 214 g/mol. The molecule has 1 atom stereocenters. The van der Waals surface area contributed by atoms with E-state index in [2.05, 4.69) is 26.0 Å². The molecule has 0 saturated heterocycles. The van der Waals surface area contributed by atoms with Crippen molar-refractivity contribution >= 4 is 0 Å². The normalized spacial score (nSPS) is 20.3. The van der Waals surface area contributed by atoms with Crippen molar-refractivity contribution in [1.29, 1.82) is 0 Å². The number of aliphatic hydroxyl groups excluding tert-OH is 1. The smallest absolute Gasteiger partial charge is 0.104 e. The number of benzene rings is 1. The molecular formula is C15H18O. The monoisotopic (exact) mass is 214 g/mol. The number of hydrogen-bond acceptors (Lipinski definition) is 1. The Kier molecular flexibility index (Phi) is 2.97. The van der Waals surface area contributed by atoms with Gasteiger partial charge in [0, 0.05) is 0 Å². The molecule has 2 rings (SSSR count). The van der Waals surface area contributed by atoms with E-state index in [-0.39, 0.29) is 5.41 Å². The highest BCUT2D eigenvalue weighted by molar-refractivity contribution is 5.35. The molecule has 1 aliphatic carbocycles. The fourth-order valence-electron chi connectivity index (χ4n) is 1.87. The van der Waals surface area contributed by atoms with Crippen LogP contribution in [-0.4, -0.2) is 5.11 Å². The fraction of sp³-hybridized carbons (Fsp3) is 0.333. The summed E-state index contributed by atoms with van der Waals surface area (Å²) < 4.78 is 0. The highest BCUT2D eigenvalue weighted by Crippen LogP contribution is 2.33. The summed E-state index contributed by atoms with van der Waals surface area (Å²) in [5.41, 5.74) is 2.18. The Balaban J connectivity index is 2.17. The summed E-state index contributed by atoms with van der Waals surface area (Å²) in [6.45, 7) is 4.40. The number of hydrogen-bond donors (Lipinski definition) is 1. The van der Waals surface area contributed by atoms with Gasteiger partial charge < -0.3 is 5.11 Å². The molecule has 1 heteroatoms. The number of rotatable bonds is 2. The van der Waals surface area contributed by atoms with E-state index in [9.17, 15) is 5.11 Å². The lowest BCUT2D eigenvalue weighted by Crippen LogP contribution is -2.11. The third kappa shape index (κ3) is 2.42. The van der Waals surface area contributed by atoms with Crippen LogP contribution in [0.5, 0.6) is 0 Å². The van der Waals surface area contributed by atoms with E-state index in [1.807, 2.05) is 36.4 Å². The predicted octanol–water partition coefficient (Wildman–Crippen LogP) is 3.63. The molecule has 1 unspecified atom stereocenters. The Morgan fingerprint density at radius 3 is 2.44 bits per heavy atom. The summed E-state index contributed by atoms with van der Waals surface area (Å²) in [7, 11) is 0. The van der Waals surface area contributed by atoms with Crippen LogP contribution in [0.2, 0.25) is 0 Å². The van der Waals surface area contributed by atoms with Crippen molar-refractivity contribution in [3.63, 3.8) is 0 Å². The third-order valence-corrected chi connectivity index (χ3v) is 3.02. The van der Waals surface area contributed by atoms with Gasteiger partial charge in [-0.1, -0.05) is 62.4 Å². The van der Waals surface area contributed by atoms with E-state index in [1.165, 1.54) is 0 Å². The van der Waals surface area contributed by atoms with E-state index in [0.717, 1.165) is 17.6 Å². The molecule has 0 aromatic heterocycles. The minimum absolute atomic E-state index is 0.222. The van der Waals surface area contributed by atoms with Gasteiger partial charge in [-0.05, 0) is 23.0 Å². The molecule has 1 nitrogen and oxygen atoms in total. The van der Waals surface area contributed by atoms with E-state index >= 15 is 0 Å². The summed E-state index contributed by atoms with van der Waals surface area (Å²) in [5, 5.41) is 10.2. The van der Waals surface area contributed by atoms with Gasteiger partial charge in [0.05, 0.1) is 0 Å². The molecule has 1 aliphatic rings. The first-order valence-electron chi connectivity index (χ1n) is 5.71. The van der Waals surface area contributed by atoms with Crippen LogP contribution in [0.3, 0.4) is 0 Å². The lowest BCUT2D eigenvalue weighted by molar-refractivity contribution is 0.217. The van der Waals surface area contributed by atoms with Gasteiger partial charge in [-0.2, -0.15) is 0 Å². The molecule has 16 heavy (non-hydrogen) atoms. The molecule has 1 aromatic carbocycles. The molecule has 0 amide bonds. The van der Waals surface area contributed by atoms with Crippen molar-refractivity contribution in [2.75, 3.05) is 0 Å². The van der Waals surface area contributed by atoms with E-state index in [4.69, 9.17) is 0 Å². The second kappa shape index (κ2) is 4.26. The van der Waals surface area contributed by atoms with Crippen molar-refractivity contribution in [1.82, 2.24) is 0 Å². The second-order valence-corrected chi connectivity index (χ2v) is 5.04. The van der Waals surface area contributed by atoms with Crippen LogP contribution >= 0.6 is 0 Å². The van der Waals surface area contributed by atoms with E-state index in [0.29, 0.717) is 0 Å². The predicted molar refractivity (Wildman–Crippen MR) is 67.0 cm³/mol. The lowest BCUT2D eigenvalue weighted by atomic mass is 9.82. The highest BCUT2D eigenvalue weighted by atomic mass is 16.3. The number of aliphatic hydroxyl groups is 1. The molecule has 0 bridgehead atoms. The quantitative estimate of drug-likeness (QED) is 0.797. The van der Waals surface area contributed by atoms with E-state index in [1.54, 1.807) is 0 Å². The number of allylic oxidation sites excluding steroid dienone is 2. The highest BCUT2D eigenvalue weighted by Gasteiger charge is 2.19. The Hall–Kier alpha value is -1.34. The Labute approximate surface area is 97.1 Å². The summed E-state index contributed by atoms with van der Waals surface area (Å²) >= 11 is 0. The van der Waals surface area contributed by atoms with E-state index < -0.39 is 6.10 Å². The van der Waals surface area contributed by atoms with Crippen LogP contribution in [0.15, 0.2) is 54.1 Å². The summed E-state index contributed by atoms with van der Waals surface area (Å²) in [5.74, 6) is 0. The first-order valence-corrected chi connectivity index (χ1v) is 5.71. The standard InChI is InChI=1S/C15H18O/c1-15(2)10-8-13(9-11-15)14(16)12-6-4-3-5-7-12/h3-10,14,16H,11H2,1-2H3. The lowest BCUT2D eigenvalue weighted by Gasteiger charge is -2.24. The van der Waals surface area contributed by atoms with Gasteiger partial charge in [0.15, 0.2) is 0 Å². The maximum atomic E-state index is 10.2. The molecule has 0 spiro atoms. The molecule has 0 fully saturated rings. The topological polar surface area (TPSA) is 20.2 Å². The van der Waals surface area contributed by atoms with Crippen molar-refractivity contribution in [3.05, 3.63) is 59.7 Å². The Morgan fingerprint density at radius 1 is 1.19 bits per heavy atom. The summed E-state index contributed by atoms with van der Waals surface area (Å²) in [6, 6.07) is 9.79. The van der Waals surface area contributed by atoms with Gasteiger partial charge in [-0.25, -0.2) is 0 Å². The van der Waals surface area contributed by atoms with Crippen LogP contribution in [0.25, 0.3) is 0 Å². The van der Waals surface area contributed by atoms with Gasteiger partial charge in [-0.3, -0.25) is 0 Å². The minimum Gasteiger partial charge on any atom is -0.384 e. The maximum Gasteiger partial charge on any atom is 0.104 e. The van der Waals surface area contributed by atoms with Gasteiger partial charge in [0.1, 0.15) is 6.10 Å². The first kappa shape index (κ1) is 11.2. The molecule has 1 aromatic rings. The molecular weight excluding hydrogens is 196 g/mol. The molecule has 0 aliphatic heterocycles. The summed E-state index contributed by atoms with van der Waals surface area (Å²) in [4.78, 5) is 0. The largest absolute Gasteiger partial charge is 0.384 e. The van der Waals surface area contributed by atoms with Crippen LogP contribution in [-0.2, 0) is 0 Å². The zero-order chi connectivity index (χ0) is 11.6. The zero-order valence-corrected chi connectivity index (χ0v) is 9.85. The SMILES string of the molecule is CC1(C)C=CC(C(O)c2ccccc2)=CC1. The second-order valence-electron chi connectivity index (χ2n) is 5.04. The first-order chi connectivity index (χ1) is 7.58. The van der Waals surface area contributed by atoms with Crippen molar-refractivity contribution < 1.29 is 5.11 Å². The molecule has 0 saturated carbocycles. The van der Waals surface area contributed by atoms with Crippen LogP contribution in [0.4, 0.5) is 0 Å². The summed E-state index contributed by atoms with van der Waals surface area (Å²) in [6.07, 6.45) is 6.85. The van der Waals surface area contributed by atoms with Crippen molar-refractivity contribution in [3.8, 4) is 0 Å². The Bertz CT molecular complexity index is 412. The minimum atomic E-state index is -0.492. The van der Waals surface area contributed by atoms with Gasteiger partial charge >= 0.3 is 0 Å². The van der Waals surface area contributed by atoms with Crippen LogP contribution in [0, 0.1) is 5.41 Å². The van der Waals surface area contributed by atoms with Gasteiger partial charge in [0.25, 0.3) is 0 Å². The maximum absolute atomic E-state index is 10.2. The van der Waals surface area contributed by atoms with Crippen molar-refractivity contribution in [2.24, 2.45) is 5.41 Å². The molecule has 0 radical (unpaired) electrons. The molecule has 1 N–H and O–H groups in total. The average Bonchev–Trinajstić information content (AvgIpc) is 2.29. The zero-order valence-electron chi connectivity index (χ0n) is 9.85. The Morgan fingerprint density at radius 2 is 1.88 bits per heavy atom. The molecule has 0 heterocycles. The van der Waals surface area contributed by atoms with Crippen LogP contribution < -0.4 is 0 Å². The third-order valence-electron chi connectivity index (χ3n) is 3.02. The van der Waals surface area contributed by atoms with Gasteiger partial charge in [-0.15, -0.1) is 0 Å². The molecule has 84 valence electrons. The van der Waals surface area contributed by atoms with Gasteiger partial charge in [0.2, 0.25) is 0 Å². The van der Waals surface area contributed by atoms with Crippen molar-refractivity contribution in [2.45, 2.75) is 26.4 Å².